The predicted molar refractivity (Wildman–Crippen MR) is 34.1 cm³/mol. The van der Waals surface area contributed by atoms with E-state index in [1.807, 2.05) is 0 Å². The van der Waals surface area contributed by atoms with Gasteiger partial charge in [0.05, 0.1) is 0 Å². The summed E-state index contributed by atoms with van der Waals surface area (Å²) in [5.74, 6) is 0.715. The quantitative estimate of drug-likeness (QED) is 0.487. The summed E-state index contributed by atoms with van der Waals surface area (Å²) in [6.45, 7) is 3.05. The van der Waals surface area contributed by atoms with Crippen LogP contribution in [0.25, 0.3) is 0 Å². The summed E-state index contributed by atoms with van der Waals surface area (Å²) in [5.41, 5.74) is 5.44. The first-order valence-corrected chi connectivity index (χ1v) is 3.08. The minimum atomic E-state index is 0.715. The van der Waals surface area contributed by atoms with Crippen molar-refractivity contribution < 1.29 is 0 Å². The lowest BCUT2D eigenvalue weighted by molar-refractivity contribution is 0.435. The topological polar surface area (TPSA) is 29.3 Å². The van der Waals surface area contributed by atoms with E-state index >= 15 is 0 Å². The number of likely N-dealkylation sites (tertiary alicyclic amines) is 1. The second kappa shape index (κ2) is 2.46. The molecule has 1 fully saturated rings. The Kier molecular flexibility index (Phi) is 1.86. The van der Waals surface area contributed by atoms with Crippen molar-refractivity contribution in [3.63, 3.8) is 0 Å². The Hall–Kier alpha value is -0.0800. The molecule has 2 nitrogen and oxygen atoms in total. The minimum Gasteiger partial charge on any atom is -0.459 e. The van der Waals surface area contributed by atoms with Gasteiger partial charge in [-0.15, -0.1) is 0 Å². The Morgan fingerprint density at radius 1 is 1.75 bits per heavy atom. The fourth-order valence-electron chi connectivity index (χ4n) is 1.11. The molecule has 0 bridgehead atoms. The minimum absolute atomic E-state index is 0.715. The van der Waals surface area contributed by atoms with E-state index in [0.717, 1.165) is 19.6 Å². The highest BCUT2D eigenvalue weighted by molar-refractivity contribution is 4.74. The molecule has 2 heteroatoms. The van der Waals surface area contributed by atoms with Gasteiger partial charge >= 0.3 is 0 Å². The molecule has 0 spiro atoms. The summed E-state index contributed by atoms with van der Waals surface area (Å²) in [5, 5.41) is 0. The highest BCUT2D eigenvalue weighted by atomic mass is 15.1. The Morgan fingerprint density at radius 3 is 2.75 bits per heavy atom. The third kappa shape index (κ3) is 1.20. The van der Waals surface area contributed by atoms with Crippen LogP contribution in [0.5, 0.6) is 0 Å². The number of rotatable bonds is 1. The predicted octanol–water partition coefficient (Wildman–Crippen LogP) is 0.0586. The first-order chi connectivity index (χ1) is 3.83. The standard InChI is InChI=1S/C6H13N2/c1-8-3-2-6(4-7)5-8/h6H,1-5,7H2/q-1/t6-/m1/s1. The summed E-state index contributed by atoms with van der Waals surface area (Å²) >= 11 is 0. The van der Waals surface area contributed by atoms with Gasteiger partial charge in [0.15, 0.2) is 0 Å². The van der Waals surface area contributed by atoms with Crippen LogP contribution in [0.3, 0.4) is 0 Å². The third-order valence-corrected chi connectivity index (χ3v) is 1.70. The van der Waals surface area contributed by atoms with Crippen LogP contribution in [0.15, 0.2) is 0 Å². The number of nitrogens with zero attached hydrogens (tertiary/aromatic N) is 1. The van der Waals surface area contributed by atoms with Crippen molar-refractivity contribution in [2.75, 3.05) is 19.6 Å². The van der Waals surface area contributed by atoms with E-state index in [9.17, 15) is 0 Å². The fourth-order valence-corrected chi connectivity index (χ4v) is 1.11. The van der Waals surface area contributed by atoms with E-state index in [1.165, 1.54) is 6.42 Å². The molecule has 1 rings (SSSR count). The van der Waals surface area contributed by atoms with E-state index in [-0.39, 0.29) is 0 Å². The molecule has 1 aliphatic heterocycles. The summed E-state index contributed by atoms with van der Waals surface area (Å²) < 4.78 is 0. The number of hydrogen-bond donors (Lipinski definition) is 1. The molecule has 0 saturated carbocycles. The van der Waals surface area contributed by atoms with Crippen LogP contribution >= 0.6 is 0 Å². The molecule has 2 N–H and O–H groups in total. The first kappa shape index (κ1) is 6.05. The summed E-state index contributed by atoms with van der Waals surface area (Å²) in [7, 11) is 3.81. The van der Waals surface area contributed by atoms with Gasteiger partial charge < -0.3 is 10.6 Å². The Bertz CT molecular complexity index is 72.9. The van der Waals surface area contributed by atoms with Crippen LogP contribution in [-0.2, 0) is 0 Å². The van der Waals surface area contributed by atoms with Gasteiger partial charge in [0.25, 0.3) is 0 Å². The maximum absolute atomic E-state index is 5.44. The monoisotopic (exact) mass is 113 g/mol. The Labute approximate surface area is 50.7 Å². The SMILES string of the molecule is [CH2-]N1CC[C@H](CN)C1. The van der Waals surface area contributed by atoms with Crippen LogP contribution in [-0.4, -0.2) is 24.5 Å². The lowest BCUT2D eigenvalue weighted by Gasteiger charge is -2.15. The van der Waals surface area contributed by atoms with Crippen molar-refractivity contribution in [3.8, 4) is 0 Å². The molecule has 0 amide bonds. The lowest BCUT2D eigenvalue weighted by Crippen LogP contribution is -2.17. The largest absolute Gasteiger partial charge is 0.459 e. The van der Waals surface area contributed by atoms with Crippen LogP contribution < -0.4 is 5.73 Å². The number of hydrogen-bond acceptors (Lipinski definition) is 2. The van der Waals surface area contributed by atoms with Crippen molar-refractivity contribution in [3.05, 3.63) is 7.05 Å². The summed E-state index contributed by atoms with van der Waals surface area (Å²) in [6.07, 6.45) is 1.24. The molecule has 8 heavy (non-hydrogen) atoms. The smallest absolute Gasteiger partial charge is 0.00371 e. The van der Waals surface area contributed by atoms with Crippen LogP contribution in [0.1, 0.15) is 6.42 Å². The highest BCUT2D eigenvalue weighted by Crippen LogP contribution is 2.12. The van der Waals surface area contributed by atoms with E-state index < -0.39 is 0 Å². The van der Waals surface area contributed by atoms with Crippen LogP contribution in [0, 0.1) is 13.0 Å². The van der Waals surface area contributed by atoms with Crippen molar-refractivity contribution in [1.82, 2.24) is 4.90 Å². The molecule has 1 heterocycles. The van der Waals surface area contributed by atoms with Gasteiger partial charge in [-0.05, 0) is 32.0 Å². The Morgan fingerprint density at radius 2 is 2.50 bits per heavy atom. The lowest BCUT2D eigenvalue weighted by atomic mass is 10.1. The first-order valence-electron chi connectivity index (χ1n) is 3.08. The van der Waals surface area contributed by atoms with Gasteiger partial charge in [-0.25, -0.2) is 0 Å². The Balaban J connectivity index is 2.22. The van der Waals surface area contributed by atoms with E-state index in [0.29, 0.717) is 5.92 Å². The van der Waals surface area contributed by atoms with Gasteiger partial charge in [-0.2, -0.15) is 0 Å². The maximum atomic E-state index is 5.44. The van der Waals surface area contributed by atoms with E-state index in [2.05, 4.69) is 11.9 Å². The maximum Gasteiger partial charge on any atom is -0.00371 e. The average molecular weight is 113 g/mol. The van der Waals surface area contributed by atoms with Crippen molar-refractivity contribution >= 4 is 0 Å². The summed E-state index contributed by atoms with van der Waals surface area (Å²) in [4.78, 5) is 2.08. The molecule has 0 aromatic carbocycles. The van der Waals surface area contributed by atoms with E-state index in [4.69, 9.17) is 5.73 Å². The molecule has 0 unspecified atom stereocenters. The van der Waals surface area contributed by atoms with Crippen LogP contribution in [0.2, 0.25) is 0 Å². The normalized spacial score (nSPS) is 31.5. The summed E-state index contributed by atoms with van der Waals surface area (Å²) in [6, 6.07) is 0. The molecule has 0 aromatic rings. The van der Waals surface area contributed by atoms with Crippen molar-refractivity contribution in [2.45, 2.75) is 6.42 Å². The van der Waals surface area contributed by atoms with E-state index in [1.54, 1.807) is 0 Å². The zero-order chi connectivity index (χ0) is 5.98. The zero-order valence-corrected chi connectivity index (χ0v) is 5.14. The molecule has 0 aliphatic carbocycles. The third-order valence-electron chi connectivity index (χ3n) is 1.70. The number of nitrogens with two attached hydrogens (primary N) is 1. The van der Waals surface area contributed by atoms with Gasteiger partial charge in [-0.1, -0.05) is 0 Å². The molecular weight excluding hydrogens is 100 g/mol. The van der Waals surface area contributed by atoms with Gasteiger partial charge in [0.1, 0.15) is 0 Å². The second-order valence-corrected chi connectivity index (χ2v) is 2.47. The molecule has 0 aromatic heterocycles. The van der Waals surface area contributed by atoms with Gasteiger partial charge in [-0.3, -0.25) is 7.05 Å². The van der Waals surface area contributed by atoms with Gasteiger partial charge in [0, 0.05) is 0 Å². The van der Waals surface area contributed by atoms with Crippen molar-refractivity contribution in [1.29, 1.82) is 0 Å². The molecule has 48 valence electrons. The van der Waals surface area contributed by atoms with Crippen LogP contribution in [0.4, 0.5) is 0 Å². The highest BCUT2D eigenvalue weighted by Gasteiger charge is 2.12. The molecule has 1 aliphatic rings. The molecular formula is C6H13N2-. The second-order valence-electron chi connectivity index (χ2n) is 2.47. The van der Waals surface area contributed by atoms with Gasteiger partial charge in [0.2, 0.25) is 0 Å². The molecule has 0 radical (unpaired) electrons. The zero-order valence-electron chi connectivity index (χ0n) is 5.14. The average Bonchev–Trinajstić information content (AvgIpc) is 2.14. The molecule has 1 saturated heterocycles. The molecule has 1 atom stereocenters. The van der Waals surface area contributed by atoms with Crippen molar-refractivity contribution in [2.24, 2.45) is 11.7 Å². The fraction of sp³-hybridized carbons (Fsp3) is 0.833.